The van der Waals surface area contributed by atoms with Gasteiger partial charge in [-0.05, 0) is 80.0 Å². The van der Waals surface area contributed by atoms with Crippen molar-refractivity contribution in [3.63, 3.8) is 0 Å². The second-order valence-electron chi connectivity index (χ2n) is 9.37. The lowest BCUT2D eigenvalue weighted by molar-refractivity contribution is 0.0508. The van der Waals surface area contributed by atoms with E-state index >= 15 is 0 Å². The van der Waals surface area contributed by atoms with Crippen molar-refractivity contribution in [3.8, 4) is 28.6 Å². The molecule has 7 nitrogen and oxygen atoms in total. The highest BCUT2D eigenvalue weighted by molar-refractivity contribution is 5.90. The van der Waals surface area contributed by atoms with E-state index in [1.807, 2.05) is 24.3 Å². The Bertz CT molecular complexity index is 1290. The van der Waals surface area contributed by atoms with Crippen molar-refractivity contribution in [2.45, 2.75) is 25.4 Å². The Balaban J connectivity index is 1.45. The quantitative estimate of drug-likeness (QED) is 0.264. The van der Waals surface area contributed by atoms with E-state index in [0.29, 0.717) is 18.0 Å². The monoisotopic (exact) mass is 503 g/mol. The highest BCUT2D eigenvalue weighted by Crippen LogP contribution is 2.43. The minimum absolute atomic E-state index is 0.101. The molecule has 1 atom stereocenters. The average molecular weight is 504 g/mol. The summed E-state index contributed by atoms with van der Waals surface area (Å²) in [6.45, 7) is 3.87. The molecule has 0 radical (unpaired) electrons. The number of aromatic hydroxyl groups is 2. The molecule has 37 heavy (non-hydrogen) atoms. The zero-order chi connectivity index (χ0) is 25.6. The van der Waals surface area contributed by atoms with Gasteiger partial charge >= 0.3 is 0 Å². The Morgan fingerprint density at radius 1 is 0.838 bits per heavy atom. The number of hydrogen-bond donors (Lipinski definition) is 3. The van der Waals surface area contributed by atoms with Gasteiger partial charge in [-0.15, -0.1) is 0 Å². The summed E-state index contributed by atoms with van der Waals surface area (Å²) < 4.78 is 18.4. The van der Waals surface area contributed by atoms with Crippen LogP contribution in [0.4, 0.5) is 0 Å². The molecule has 0 spiro atoms. The van der Waals surface area contributed by atoms with Crippen molar-refractivity contribution >= 4 is 11.0 Å². The van der Waals surface area contributed by atoms with Crippen LogP contribution in [0.2, 0.25) is 0 Å². The zero-order valence-corrected chi connectivity index (χ0v) is 20.8. The maximum Gasteiger partial charge on any atom is 0.141 e. The van der Waals surface area contributed by atoms with E-state index in [1.54, 1.807) is 42.5 Å². The van der Waals surface area contributed by atoms with Crippen molar-refractivity contribution in [2.24, 2.45) is 0 Å². The van der Waals surface area contributed by atoms with Crippen molar-refractivity contribution in [2.75, 3.05) is 39.5 Å². The topological polar surface area (TPSA) is 95.5 Å². The van der Waals surface area contributed by atoms with Gasteiger partial charge in [0.05, 0.1) is 13.2 Å². The number of furan rings is 1. The number of nitrogens with zero attached hydrogens (tertiary/aromatic N) is 1. The van der Waals surface area contributed by atoms with E-state index in [9.17, 15) is 15.3 Å². The predicted octanol–water partition coefficient (Wildman–Crippen LogP) is 5.47. The fraction of sp³-hybridized carbons (Fsp3) is 0.333. The number of aliphatic hydroxyl groups excluding tert-OH is 1. The van der Waals surface area contributed by atoms with E-state index in [4.69, 9.17) is 13.9 Å². The Morgan fingerprint density at radius 3 is 2.30 bits per heavy atom. The first-order valence-corrected chi connectivity index (χ1v) is 12.8. The smallest absolute Gasteiger partial charge is 0.141 e. The van der Waals surface area contributed by atoms with Crippen LogP contribution in [0.3, 0.4) is 0 Å². The van der Waals surface area contributed by atoms with Gasteiger partial charge in [0, 0.05) is 29.1 Å². The van der Waals surface area contributed by atoms with Gasteiger partial charge in [-0.25, -0.2) is 0 Å². The third-order valence-electron chi connectivity index (χ3n) is 6.79. The van der Waals surface area contributed by atoms with Gasteiger partial charge in [-0.1, -0.05) is 18.6 Å². The van der Waals surface area contributed by atoms with Crippen LogP contribution in [0.1, 0.15) is 36.5 Å². The van der Waals surface area contributed by atoms with Gasteiger partial charge < -0.3 is 29.2 Å². The molecular formula is C30H33NO6. The van der Waals surface area contributed by atoms with Crippen LogP contribution >= 0.6 is 0 Å². The Hall–Kier alpha value is -3.52. The maximum absolute atomic E-state index is 10.0. The summed E-state index contributed by atoms with van der Waals surface area (Å²) in [5.74, 6) is 1.62. The Labute approximate surface area is 216 Å². The summed E-state index contributed by atoms with van der Waals surface area (Å²) in [6.07, 6.45) is 3.31. The second-order valence-corrected chi connectivity index (χ2v) is 9.37. The van der Waals surface area contributed by atoms with Crippen molar-refractivity contribution < 1.29 is 29.2 Å². The van der Waals surface area contributed by atoms with Crippen LogP contribution in [0, 0.1) is 0 Å². The number of likely N-dealkylation sites (tertiary alicyclic amines) is 1. The molecule has 1 saturated heterocycles. The van der Waals surface area contributed by atoms with Crippen LogP contribution in [-0.4, -0.2) is 59.7 Å². The van der Waals surface area contributed by atoms with Gasteiger partial charge in [0.1, 0.15) is 41.3 Å². The number of ether oxygens (including phenoxy) is 2. The summed E-state index contributed by atoms with van der Waals surface area (Å²) in [7, 11) is 0. The van der Waals surface area contributed by atoms with Gasteiger partial charge in [-0.2, -0.15) is 0 Å². The lowest BCUT2D eigenvalue weighted by Gasteiger charge is -2.26. The van der Waals surface area contributed by atoms with Crippen LogP contribution in [0.25, 0.3) is 22.3 Å². The molecule has 1 fully saturated rings. The molecular weight excluding hydrogens is 470 g/mol. The summed E-state index contributed by atoms with van der Waals surface area (Å²) in [6, 6.07) is 19.6. The zero-order valence-electron chi connectivity index (χ0n) is 20.8. The number of phenolic OH excluding ortho intramolecular Hbond substituents is 2. The molecule has 0 aliphatic carbocycles. The Kier molecular flexibility index (Phi) is 7.94. The molecule has 0 amide bonds. The molecule has 3 aromatic carbocycles. The minimum atomic E-state index is -0.538. The maximum atomic E-state index is 10.0. The van der Waals surface area contributed by atoms with E-state index in [2.05, 4.69) is 4.90 Å². The molecule has 4 aromatic rings. The highest BCUT2D eigenvalue weighted by atomic mass is 16.5. The number of aliphatic hydroxyl groups is 1. The van der Waals surface area contributed by atoms with Gasteiger partial charge in [0.2, 0.25) is 0 Å². The van der Waals surface area contributed by atoms with Gasteiger partial charge in [0.25, 0.3) is 0 Å². The van der Waals surface area contributed by atoms with Gasteiger partial charge in [0.15, 0.2) is 0 Å². The summed E-state index contributed by atoms with van der Waals surface area (Å²) in [4.78, 5) is 2.45. The van der Waals surface area contributed by atoms with Crippen LogP contribution in [0.15, 0.2) is 71.1 Å². The van der Waals surface area contributed by atoms with Crippen molar-refractivity contribution in [3.05, 3.63) is 77.9 Å². The number of benzene rings is 3. The number of phenols is 2. The van der Waals surface area contributed by atoms with Crippen LogP contribution in [0.5, 0.6) is 17.2 Å². The summed E-state index contributed by atoms with van der Waals surface area (Å²) in [5.41, 5.74) is 2.95. The molecule has 1 aliphatic heterocycles. The molecule has 1 aliphatic rings. The first-order valence-electron chi connectivity index (χ1n) is 12.8. The van der Waals surface area contributed by atoms with Crippen LogP contribution < -0.4 is 4.74 Å². The molecule has 0 saturated carbocycles. The number of hydrogen-bond acceptors (Lipinski definition) is 7. The second kappa shape index (κ2) is 11.7. The van der Waals surface area contributed by atoms with Gasteiger partial charge in [-0.3, -0.25) is 4.90 Å². The third kappa shape index (κ3) is 5.91. The average Bonchev–Trinajstić information content (AvgIpc) is 3.29. The fourth-order valence-electron chi connectivity index (χ4n) is 4.92. The van der Waals surface area contributed by atoms with E-state index in [1.165, 1.54) is 19.3 Å². The van der Waals surface area contributed by atoms with Crippen LogP contribution in [-0.2, 0) is 4.74 Å². The Morgan fingerprint density at radius 2 is 1.57 bits per heavy atom. The molecule has 3 N–H and O–H groups in total. The molecule has 194 valence electrons. The molecule has 2 heterocycles. The fourth-order valence-corrected chi connectivity index (χ4v) is 4.92. The van der Waals surface area contributed by atoms with Crippen molar-refractivity contribution in [1.82, 2.24) is 4.90 Å². The molecule has 5 rings (SSSR count). The molecule has 0 bridgehead atoms. The first kappa shape index (κ1) is 25.1. The lowest BCUT2D eigenvalue weighted by Crippen LogP contribution is -2.33. The number of rotatable bonds is 10. The van der Waals surface area contributed by atoms with E-state index in [0.717, 1.165) is 47.5 Å². The normalized spacial score (nSPS) is 15.2. The summed E-state index contributed by atoms with van der Waals surface area (Å²) in [5, 5.41) is 30.2. The highest BCUT2D eigenvalue weighted by Gasteiger charge is 2.26. The first-order chi connectivity index (χ1) is 18.1. The summed E-state index contributed by atoms with van der Waals surface area (Å²) >= 11 is 0. The van der Waals surface area contributed by atoms with E-state index < -0.39 is 6.10 Å². The third-order valence-corrected chi connectivity index (χ3v) is 6.79. The van der Waals surface area contributed by atoms with Crippen molar-refractivity contribution in [1.29, 1.82) is 0 Å². The largest absolute Gasteiger partial charge is 0.508 e. The standard InChI is InChI=1S/C30H33NO6/c32-17-19-36-29(21-6-11-25(12-7-21)35-18-16-31-14-2-1-3-15-31)28-26-13-10-24(34)20-27(26)37-30(28)22-4-8-23(33)9-5-22/h4-13,20,29,32-34H,1-3,14-19H2. The molecule has 7 heteroatoms. The number of fused-ring (bicyclic) bond motifs is 1. The molecule has 1 unspecified atom stereocenters. The predicted molar refractivity (Wildman–Crippen MR) is 142 cm³/mol. The molecule has 1 aromatic heterocycles. The number of piperidine rings is 1. The SMILES string of the molecule is OCCOC(c1ccc(OCCN2CCCCC2)cc1)c1c(-c2ccc(O)cc2)oc2cc(O)ccc12. The lowest BCUT2D eigenvalue weighted by atomic mass is 9.95. The van der Waals surface area contributed by atoms with E-state index in [-0.39, 0.29) is 24.7 Å². The minimum Gasteiger partial charge on any atom is -0.508 e.